The van der Waals surface area contributed by atoms with Gasteiger partial charge in [-0.25, -0.2) is 0 Å². The summed E-state index contributed by atoms with van der Waals surface area (Å²) in [4.78, 5) is 28.0. The SMILES string of the molecule is COc1ccc2[nH]c(CC(=O)OC(C)(C)C)c(CC(=O)OC(C)(C)C)c2c1. The molecule has 2 aromatic rings. The van der Waals surface area contributed by atoms with E-state index in [9.17, 15) is 9.59 Å². The van der Waals surface area contributed by atoms with Gasteiger partial charge in [-0.2, -0.15) is 0 Å². The number of ether oxygens (including phenoxy) is 3. The zero-order valence-electron chi connectivity index (χ0n) is 17.2. The molecule has 148 valence electrons. The smallest absolute Gasteiger partial charge is 0.312 e. The number of carbonyl (C=O) groups excluding carboxylic acids is 2. The van der Waals surface area contributed by atoms with E-state index >= 15 is 0 Å². The molecule has 6 nitrogen and oxygen atoms in total. The molecule has 0 bridgehead atoms. The predicted molar refractivity (Wildman–Crippen MR) is 104 cm³/mol. The molecule has 1 aromatic carbocycles. The molecule has 0 atom stereocenters. The first kappa shape index (κ1) is 20.8. The van der Waals surface area contributed by atoms with Crippen molar-refractivity contribution in [3.05, 3.63) is 29.5 Å². The van der Waals surface area contributed by atoms with Gasteiger partial charge in [-0.1, -0.05) is 0 Å². The molecule has 0 fully saturated rings. The summed E-state index contributed by atoms with van der Waals surface area (Å²) in [6, 6.07) is 5.54. The molecule has 27 heavy (non-hydrogen) atoms. The third-order valence-electron chi connectivity index (χ3n) is 3.68. The van der Waals surface area contributed by atoms with E-state index in [1.54, 1.807) is 7.11 Å². The van der Waals surface area contributed by atoms with E-state index in [1.165, 1.54) is 0 Å². The Bertz CT molecular complexity index is 837. The van der Waals surface area contributed by atoms with E-state index in [0.29, 0.717) is 11.4 Å². The van der Waals surface area contributed by atoms with E-state index in [2.05, 4.69) is 4.98 Å². The van der Waals surface area contributed by atoms with Crippen LogP contribution in [0.15, 0.2) is 18.2 Å². The topological polar surface area (TPSA) is 77.6 Å². The summed E-state index contributed by atoms with van der Waals surface area (Å²) in [6.07, 6.45) is 0.106. The molecule has 0 saturated heterocycles. The standard InChI is InChI=1S/C21H29NO5/c1-20(2,3)26-18(23)11-15-14-10-13(25-7)8-9-16(14)22-17(15)12-19(24)27-21(4,5)6/h8-10,22H,11-12H2,1-7H3. The molecule has 2 rings (SSSR count). The lowest BCUT2D eigenvalue weighted by molar-refractivity contribution is -0.155. The first-order chi connectivity index (χ1) is 12.4. The van der Waals surface area contributed by atoms with Crippen LogP contribution in [0.5, 0.6) is 5.75 Å². The molecule has 1 N–H and O–H groups in total. The average molecular weight is 375 g/mol. The molecule has 0 saturated carbocycles. The Morgan fingerprint density at radius 1 is 0.926 bits per heavy atom. The van der Waals surface area contributed by atoms with Gasteiger partial charge in [-0.3, -0.25) is 9.59 Å². The molecular formula is C21H29NO5. The van der Waals surface area contributed by atoms with Crippen molar-refractivity contribution in [2.75, 3.05) is 7.11 Å². The summed E-state index contributed by atoms with van der Waals surface area (Å²) < 4.78 is 16.2. The van der Waals surface area contributed by atoms with E-state index in [-0.39, 0.29) is 24.8 Å². The maximum absolute atomic E-state index is 12.4. The maximum atomic E-state index is 12.4. The number of H-pyrrole nitrogens is 1. The minimum atomic E-state index is -0.577. The van der Waals surface area contributed by atoms with E-state index < -0.39 is 11.2 Å². The van der Waals surface area contributed by atoms with Gasteiger partial charge in [0.05, 0.1) is 20.0 Å². The minimum Gasteiger partial charge on any atom is -0.497 e. The molecule has 6 heteroatoms. The summed E-state index contributed by atoms with van der Waals surface area (Å²) in [5, 5.41) is 0.832. The second-order valence-corrected chi connectivity index (χ2v) is 8.52. The minimum absolute atomic E-state index is 0.0480. The number of carbonyl (C=O) groups is 2. The van der Waals surface area contributed by atoms with E-state index in [0.717, 1.165) is 16.5 Å². The summed E-state index contributed by atoms with van der Waals surface area (Å²) in [7, 11) is 1.59. The molecule has 0 aliphatic rings. The van der Waals surface area contributed by atoms with E-state index in [1.807, 2.05) is 59.7 Å². The van der Waals surface area contributed by atoms with Crippen LogP contribution in [-0.4, -0.2) is 35.2 Å². The van der Waals surface area contributed by atoms with Crippen LogP contribution in [0.4, 0.5) is 0 Å². The second kappa shape index (κ2) is 7.62. The lowest BCUT2D eigenvalue weighted by Crippen LogP contribution is -2.26. The Morgan fingerprint density at radius 3 is 2.00 bits per heavy atom. The highest BCUT2D eigenvalue weighted by molar-refractivity contribution is 5.91. The summed E-state index contributed by atoms with van der Waals surface area (Å²) >= 11 is 0. The predicted octanol–water partition coefficient (Wildman–Crippen LogP) is 3.94. The van der Waals surface area contributed by atoms with Crippen molar-refractivity contribution in [1.82, 2.24) is 4.98 Å². The highest BCUT2D eigenvalue weighted by Gasteiger charge is 2.23. The lowest BCUT2D eigenvalue weighted by Gasteiger charge is -2.20. The first-order valence-electron chi connectivity index (χ1n) is 8.99. The first-order valence-corrected chi connectivity index (χ1v) is 8.99. The van der Waals surface area contributed by atoms with Gasteiger partial charge in [0.1, 0.15) is 17.0 Å². The van der Waals surface area contributed by atoms with Crippen LogP contribution < -0.4 is 4.74 Å². The summed E-state index contributed by atoms with van der Waals surface area (Å²) in [5.41, 5.74) is 1.06. The molecule has 0 aliphatic heterocycles. The molecule has 0 radical (unpaired) electrons. The number of benzene rings is 1. The number of nitrogens with one attached hydrogen (secondary N) is 1. The van der Waals surface area contributed by atoms with Crippen molar-refractivity contribution in [2.24, 2.45) is 0 Å². The van der Waals surface area contributed by atoms with Crippen LogP contribution in [-0.2, 0) is 31.9 Å². The lowest BCUT2D eigenvalue weighted by atomic mass is 10.0. The van der Waals surface area contributed by atoms with Gasteiger partial charge in [0, 0.05) is 16.6 Å². The quantitative estimate of drug-likeness (QED) is 0.801. The molecule has 0 spiro atoms. The third-order valence-corrected chi connectivity index (χ3v) is 3.68. The number of fused-ring (bicyclic) bond motifs is 1. The maximum Gasteiger partial charge on any atom is 0.312 e. The number of methoxy groups -OCH3 is 1. The second-order valence-electron chi connectivity index (χ2n) is 8.52. The average Bonchev–Trinajstić information content (AvgIpc) is 2.80. The number of hydrogen-bond acceptors (Lipinski definition) is 5. The normalized spacial score (nSPS) is 12.1. The number of esters is 2. The largest absolute Gasteiger partial charge is 0.497 e. The fraction of sp³-hybridized carbons (Fsp3) is 0.524. The Hall–Kier alpha value is -2.50. The number of aromatic nitrogens is 1. The molecular weight excluding hydrogens is 346 g/mol. The van der Waals surface area contributed by atoms with Gasteiger partial charge in [-0.15, -0.1) is 0 Å². The Balaban J connectivity index is 2.39. The molecule has 0 unspecified atom stereocenters. The van der Waals surface area contributed by atoms with Gasteiger partial charge < -0.3 is 19.2 Å². The monoisotopic (exact) mass is 375 g/mol. The number of aromatic amines is 1. The van der Waals surface area contributed by atoms with Gasteiger partial charge >= 0.3 is 11.9 Å². The van der Waals surface area contributed by atoms with Crippen molar-refractivity contribution in [3.63, 3.8) is 0 Å². The highest BCUT2D eigenvalue weighted by Crippen LogP contribution is 2.28. The van der Waals surface area contributed by atoms with Crippen LogP contribution in [0.3, 0.4) is 0 Å². The van der Waals surface area contributed by atoms with Crippen LogP contribution in [0, 0.1) is 0 Å². The summed E-state index contributed by atoms with van der Waals surface area (Å²) in [5.74, 6) is -0.0288. The zero-order valence-corrected chi connectivity index (χ0v) is 17.2. The Kier molecular flexibility index (Phi) is 5.88. The van der Waals surface area contributed by atoms with Crippen LogP contribution in [0.1, 0.15) is 52.8 Å². The van der Waals surface area contributed by atoms with Crippen molar-refractivity contribution in [2.45, 2.75) is 65.6 Å². The van der Waals surface area contributed by atoms with Crippen LogP contribution >= 0.6 is 0 Å². The molecule has 1 aromatic heterocycles. The van der Waals surface area contributed by atoms with Gasteiger partial charge in [-0.05, 0) is 65.3 Å². The van der Waals surface area contributed by atoms with Crippen molar-refractivity contribution in [3.8, 4) is 5.75 Å². The van der Waals surface area contributed by atoms with Crippen LogP contribution in [0.2, 0.25) is 0 Å². The van der Waals surface area contributed by atoms with Crippen LogP contribution in [0.25, 0.3) is 10.9 Å². The van der Waals surface area contributed by atoms with E-state index in [4.69, 9.17) is 14.2 Å². The van der Waals surface area contributed by atoms with Gasteiger partial charge in [0.25, 0.3) is 0 Å². The summed E-state index contributed by atoms with van der Waals surface area (Å²) in [6.45, 7) is 10.9. The van der Waals surface area contributed by atoms with Gasteiger partial charge in [0.15, 0.2) is 0 Å². The number of rotatable bonds is 5. The molecule has 0 amide bonds. The molecule has 0 aliphatic carbocycles. The molecule has 1 heterocycles. The fourth-order valence-electron chi connectivity index (χ4n) is 2.81. The zero-order chi connectivity index (χ0) is 20.4. The van der Waals surface area contributed by atoms with Crippen molar-refractivity contribution >= 4 is 22.8 Å². The Labute approximate surface area is 160 Å². The highest BCUT2D eigenvalue weighted by atomic mass is 16.6. The third kappa shape index (κ3) is 6.01. The fourth-order valence-corrected chi connectivity index (χ4v) is 2.81. The van der Waals surface area contributed by atoms with Crippen molar-refractivity contribution < 1.29 is 23.8 Å². The van der Waals surface area contributed by atoms with Crippen molar-refractivity contribution in [1.29, 1.82) is 0 Å². The Morgan fingerprint density at radius 2 is 1.48 bits per heavy atom. The number of hydrogen-bond donors (Lipinski definition) is 1. The van der Waals surface area contributed by atoms with Gasteiger partial charge in [0.2, 0.25) is 0 Å².